The Kier molecular flexibility index (Phi) is 6.59. The molecule has 2 radical (unpaired) electrons. The van der Waals surface area contributed by atoms with Crippen molar-refractivity contribution >= 4 is 22.7 Å². The van der Waals surface area contributed by atoms with Crippen molar-refractivity contribution in [3.63, 3.8) is 0 Å². The minimum Gasteiger partial charge on any atom is -0.395 e. The minimum absolute atomic E-state index is 0.141. The fraction of sp³-hybridized carbons (Fsp3) is 0.167. The highest BCUT2D eigenvalue weighted by molar-refractivity contribution is 7.10. The van der Waals surface area contributed by atoms with Gasteiger partial charge in [-0.05, 0) is 23.6 Å². The van der Waals surface area contributed by atoms with Crippen molar-refractivity contribution in [3.8, 4) is 11.8 Å². The molecule has 0 atom stereocenters. The van der Waals surface area contributed by atoms with Gasteiger partial charge in [-0.25, -0.2) is 0 Å². The number of rotatable bonds is 1. The number of aliphatic hydroxyl groups is 1. The van der Waals surface area contributed by atoms with Gasteiger partial charge in [0.05, 0.1) is 11.5 Å². The van der Waals surface area contributed by atoms with Gasteiger partial charge in [0.2, 0.25) is 0 Å². The zero-order valence-electron chi connectivity index (χ0n) is 8.06. The molecule has 0 bridgehead atoms. The Hall–Kier alpha value is -1.08. The first-order valence-electron chi connectivity index (χ1n) is 4.38. The molecule has 2 heterocycles. The Morgan fingerprint density at radius 2 is 2.27 bits per heavy atom. The van der Waals surface area contributed by atoms with Gasteiger partial charge in [-0.3, -0.25) is 0 Å². The summed E-state index contributed by atoms with van der Waals surface area (Å²) in [6.45, 7) is 0.141. The van der Waals surface area contributed by atoms with Crippen molar-refractivity contribution < 1.29 is 5.11 Å². The molecule has 0 spiro atoms. The minimum atomic E-state index is 0.141. The molecular weight excluding hydrogens is 224 g/mol. The quantitative estimate of drug-likeness (QED) is 0.752. The highest BCUT2D eigenvalue weighted by Gasteiger charge is 1.82. The van der Waals surface area contributed by atoms with Gasteiger partial charge in [-0.15, -0.1) is 22.7 Å². The van der Waals surface area contributed by atoms with Crippen molar-refractivity contribution in [3.05, 3.63) is 45.3 Å². The van der Waals surface area contributed by atoms with Crippen LogP contribution in [0.1, 0.15) is 11.3 Å². The van der Waals surface area contributed by atoms with E-state index in [0.29, 0.717) is 6.42 Å². The molecule has 2 aromatic rings. The lowest BCUT2D eigenvalue weighted by molar-refractivity contribution is 0.305. The van der Waals surface area contributed by atoms with E-state index < -0.39 is 0 Å². The van der Waals surface area contributed by atoms with Gasteiger partial charge in [0.25, 0.3) is 0 Å². The molecule has 3 heteroatoms. The molecule has 0 fully saturated rings. The standard InChI is InChI=1S/C8H7OS.C4H3S/c9-6-2-1-4-8-5-3-7-10-8;1-2-4-5-3-1/h3,5,9H,2,6H2;1-3H. The molecule has 0 saturated carbocycles. The molecule has 0 saturated heterocycles. The van der Waals surface area contributed by atoms with Gasteiger partial charge in [-0.1, -0.05) is 17.9 Å². The maximum Gasteiger partial charge on any atom is 0.0775 e. The Balaban J connectivity index is 0.000000187. The average molecular weight is 234 g/mol. The van der Waals surface area contributed by atoms with Crippen LogP contribution < -0.4 is 0 Å². The first-order chi connectivity index (χ1) is 7.43. The van der Waals surface area contributed by atoms with Gasteiger partial charge in [0.15, 0.2) is 0 Å². The summed E-state index contributed by atoms with van der Waals surface area (Å²) in [5.74, 6) is 5.73. The monoisotopic (exact) mass is 234 g/mol. The molecule has 0 aromatic carbocycles. The van der Waals surface area contributed by atoms with E-state index in [1.54, 1.807) is 11.3 Å². The van der Waals surface area contributed by atoms with Crippen molar-refractivity contribution in [2.45, 2.75) is 6.42 Å². The zero-order valence-corrected chi connectivity index (χ0v) is 9.70. The Bertz CT molecular complexity index is 362. The largest absolute Gasteiger partial charge is 0.395 e. The van der Waals surface area contributed by atoms with Crippen LogP contribution in [-0.2, 0) is 0 Å². The lowest BCUT2D eigenvalue weighted by Gasteiger charge is -1.77. The topological polar surface area (TPSA) is 20.2 Å². The normalized spacial score (nSPS) is 8.33. The van der Waals surface area contributed by atoms with Crippen molar-refractivity contribution in [1.29, 1.82) is 0 Å². The van der Waals surface area contributed by atoms with Gasteiger partial charge in [0, 0.05) is 17.2 Å². The Labute approximate surface area is 98.0 Å². The van der Waals surface area contributed by atoms with E-state index in [4.69, 9.17) is 5.11 Å². The number of hydrogen-bond acceptors (Lipinski definition) is 3. The molecule has 0 unspecified atom stereocenters. The Morgan fingerprint density at radius 3 is 2.73 bits per heavy atom. The fourth-order valence-corrected chi connectivity index (χ4v) is 1.63. The lowest BCUT2D eigenvalue weighted by atomic mass is 10.4. The summed E-state index contributed by atoms with van der Waals surface area (Å²) in [4.78, 5) is 1.01. The Morgan fingerprint density at radius 1 is 1.33 bits per heavy atom. The fourth-order valence-electron chi connectivity index (χ4n) is 0.710. The summed E-state index contributed by atoms with van der Waals surface area (Å²) in [6.07, 6.45) is 0.553. The predicted molar refractivity (Wildman–Crippen MR) is 64.9 cm³/mol. The first kappa shape index (κ1) is 12.0. The maximum atomic E-state index is 8.39. The number of thiophene rings is 2. The predicted octanol–water partition coefficient (Wildman–Crippen LogP) is 2.83. The highest BCUT2D eigenvalue weighted by atomic mass is 32.1. The molecule has 1 nitrogen and oxygen atoms in total. The van der Waals surface area contributed by atoms with E-state index in [1.807, 2.05) is 29.6 Å². The van der Waals surface area contributed by atoms with Crippen molar-refractivity contribution in [2.24, 2.45) is 0 Å². The van der Waals surface area contributed by atoms with Gasteiger partial charge in [0.1, 0.15) is 0 Å². The van der Waals surface area contributed by atoms with Crippen LogP contribution in [0.5, 0.6) is 0 Å². The van der Waals surface area contributed by atoms with E-state index in [2.05, 4.69) is 22.6 Å². The molecule has 15 heavy (non-hydrogen) atoms. The van der Waals surface area contributed by atoms with E-state index in [-0.39, 0.29) is 6.61 Å². The van der Waals surface area contributed by atoms with Gasteiger partial charge < -0.3 is 5.11 Å². The van der Waals surface area contributed by atoms with E-state index in [0.717, 1.165) is 4.88 Å². The van der Waals surface area contributed by atoms with E-state index in [9.17, 15) is 0 Å². The highest BCUT2D eigenvalue weighted by Crippen LogP contribution is 2.04. The SMILES string of the molecule is OCCC#Cc1cc[c]s1.[c]1cccs1. The molecular formula is C12H10OS2. The molecule has 1 N–H and O–H groups in total. The molecule has 0 aliphatic rings. The van der Waals surface area contributed by atoms with Crippen LogP contribution in [0.25, 0.3) is 0 Å². The second kappa shape index (κ2) is 8.25. The van der Waals surface area contributed by atoms with Crippen LogP contribution in [-0.4, -0.2) is 11.7 Å². The number of hydrogen-bond donors (Lipinski definition) is 1. The van der Waals surface area contributed by atoms with Crippen molar-refractivity contribution in [2.75, 3.05) is 6.61 Å². The van der Waals surface area contributed by atoms with Crippen LogP contribution >= 0.6 is 22.7 Å². The molecule has 0 amide bonds. The third-order valence-electron chi connectivity index (χ3n) is 1.30. The third kappa shape index (κ3) is 6.08. The van der Waals surface area contributed by atoms with E-state index in [1.165, 1.54) is 11.3 Å². The zero-order chi connectivity index (χ0) is 10.8. The van der Waals surface area contributed by atoms with E-state index >= 15 is 0 Å². The van der Waals surface area contributed by atoms with Crippen LogP contribution in [0.15, 0.2) is 29.6 Å². The smallest absolute Gasteiger partial charge is 0.0775 e. The van der Waals surface area contributed by atoms with Gasteiger partial charge in [-0.2, -0.15) is 0 Å². The second-order valence-electron chi connectivity index (χ2n) is 2.42. The average Bonchev–Trinajstić information content (AvgIpc) is 2.94. The first-order valence-corrected chi connectivity index (χ1v) is 6.08. The third-order valence-corrected chi connectivity index (χ3v) is 2.58. The summed E-state index contributed by atoms with van der Waals surface area (Å²) < 4.78 is 0. The lowest BCUT2D eigenvalue weighted by Crippen LogP contribution is -1.75. The molecule has 0 aliphatic carbocycles. The van der Waals surface area contributed by atoms with Crippen molar-refractivity contribution in [1.82, 2.24) is 0 Å². The summed E-state index contributed by atoms with van der Waals surface area (Å²) in [6, 6.07) is 7.61. The molecule has 0 aliphatic heterocycles. The maximum absolute atomic E-state index is 8.39. The molecule has 2 rings (SSSR count). The van der Waals surface area contributed by atoms with Crippen LogP contribution in [0, 0.1) is 22.6 Å². The molecule has 76 valence electrons. The molecule has 2 aromatic heterocycles. The van der Waals surface area contributed by atoms with Crippen LogP contribution in [0.4, 0.5) is 0 Å². The number of aliphatic hydroxyl groups excluding tert-OH is 1. The van der Waals surface area contributed by atoms with Crippen LogP contribution in [0.2, 0.25) is 0 Å². The van der Waals surface area contributed by atoms with Crippen LogP contribution in [0.3, 0.4) is 0 Å². The summed E-state index contributed by atoms with van der Waals surface area (Å²) in [5, 5.41) is 16.2. The summed E-state index contributed by atoms with van der Waals surface area (Å²) in [5.41, 5.74) is 0. The summed E-state index contributed by atoms with van der Waals surface area (Å²) in [7, 11) is 0. The second-order valence-corrected chi connectivity index (χ2v) is 4.05. The summed E-state index contributed by atoms with van der Waals surface area (Å²) >= 11 is 3.08. The van der Waals surface area contributed by atoms with Gasteiger partial charge >= 0.3 is 0 Å².